The van der Waals surface area contributed by atoms with Crippen molar-refractivity contribution in [3.05, 3.63) is 0 Å². The van der Waals surface area contributed by atoms with Crippen LogP contribution in [0.5, 0.6) is 0 Å². The van der Waals surface area contributed by atoms with Gasteiger partial charge in [-0.1, -0.05) is 39.0 Å². The Balaban J connectivity index is 0. The first kappa shape index (κ1) is 22.3. The van der Waals surface area contributed by atoms with E-state index in [0.29, 0.717) is 6.42 Å². The molecule has 0 saturated heterocycles. The topological polar surface area (TPSA) is 135 Å². The fourth-order valence-electron chi connectivity index (χ4n) is 1.47. The van der Waals surface area contributed by atoms with E-state index in [0.717, 1.165) is 12.8 Å². The molecule has 3 unspecified atom stereocenters. The lowest BCUT2D eigenvalue weighted by molar-refractivity contribution is -0.137. The lowest BCUT2D eigenvalue weighted by atomic mass is 10.1. The smallest absolute Gasteiger partial charge is 0.303 e. The molecule has 7 heteroatoms. The van der Waals surface area contributed by atoms with Gasteiger partial charge in [-0.15, -0.1) is 0 Å². The minimum absolute atomic E-state index is 0.0869. The predicted molar refractivity (Wildman–Crippen MR) is 76.8 cm³/mol. The number of carboxylic acid groups (broad SMARTS) is 1. The molecule has 0 saturated carbocycles. The van der Waals surface area contributed by atoms with Crippen LogP contribution in [0.3, 0.4) is 0 Å². The third-order valence-electron chi connectivity index (χ3n) is 2.81. The number of aliphatic hydroxyl groups is 4. The summed E-state index contributed by atoms with van der Waals surface area (Å²) in [6.45, 7) is 1.49. The lowest BCUT2D eigenvalue weighted by Gasteiger charge is -2.16. The first-order valence-electron chi connectivity index (χ1n) is 7.22. The summed E-state index contributed by atoms with van der Waals surface area (Å²) >= 11 is 0. The zero-order chi connectivity index (χ0) is 16.7. The summed E-state index contributed by atoms with van der Waals surface area (Å²) in [5.41, 5.74) is 0. The van der Waals surface area contributed by atoms with E-state index in [2.05, 4.69) is 6.92 Å². The molecule has 0 aliphatic rings. The number of aliphatic carboxylic acids is 1. The zero-order valence-electron chi connectivity index (χ0n) is 12.5. The fourth-order valence-corrected chi connectivity index (χ4v) is 1.47. The standard InChI is InChI=1S/C9H18O2.C5H10O5/c1-2-3-4-5-6-7-8-9(10)11;6-1-3(8)5(10)4(9)2-7/h2-8H2,1H3,(H,10,11);1,3-5,7-10H,2H2. The number of aldehydes is 1. The summed E-state index contributed by atoms with van der Waals surface area (Å²) in [6.07, 6.45) is 2.62. The molecule has 7 nitrogen and oxygen atoms in total. The Labute approximate surface area is 125 Å². The van der Waals surface area contributed by atoms with Crippen LogP contribution in [0.4, 0.5) is 0 Å². The predicted octanol–water partition coefficient (Wildman–Crippen LogP) is 0.0819. The first-order chi connectivity index (χ1) is 9.90. The van der Waals surface area contributed by atoms with Gasteiger partial charge in [-0.05, 0) is 6.42 Å². The van der Waals surface area contributed by atoms with Crippen molar-refractivity contribution in [1.82, 2.24) is 0 Å². The van der Waals surface area contributed by atoms with Crippen molar-refractivity contribution in [2.24, 2.45) is 0 Å². The number of carbonyl (C=O) groups is 2. The molecule has 0 aromatic heterocycles. The number of rotatable bonds is 11. The number of hydrogen-bond donors (Lipinski definition) is 5. The molecular weight excluding hydrogens is 280 g/mol. The van der Waals surface area contributed by atoms with Crippen molar-refractivity contribution in [1.29, 1.82) is 0 Å². The van der Waals surface area contributed by atoms with E-state index in [1.807, 2.05) is 0 Å². The Hall–Kier alpha value is -1.02. The summed E-state index contributed by atoms with van der Waals surface area (Å²) in [5, 5.41) is 42.4. The van der Waals surface area contributed by atoms with Gasteiger partial charge in [-0.2, -0.15) is 0 Å². The number of aliphatic hydroxyl groups excluding tert-OH is 4. The molecule has 21 heavy (non-hydrogen) atoms. The highest BCUT2D eigenvalue weighted by Crippen LogP contribution is 2.06. The van der Waals surface area contributed by atoms with E-state index in [1.165, 1.54) is 25.7 Å². The Morgan fingerprint density at radius 1 is 1.05 bits per heavy atom. The molecule has 0 aromatic rings. The molecule has 3 atom stereocenters. The largest absolute Gasteiger partial charge is 0.481 e. The quantitative estimate of drug-likeness (QED) is 0.269. The van der Waals surface area contributed by atoms with Gasteiger partial charge in [0, 0.05) is 6.42 Å². The molecule has 0 radical (unpaired) electrons. The normalized spacial score (nSPS) is 14.5. The van der Waals surface area contributed by atoms with Crippen LogP contribution in [0.2, 0.25) is 0 Å². The molecule has 0 bridgehead atoms. The minimum Gasteiger partial charge on any atom is -0.481 e. The molecule has 0 amide bonds. The summed E-state index contributed by atoms with van der Waals surface area (Å²) < 4.78 is 0. The summed E-state index contributed by atoms with van der Waals surface area (Å²) in [7, 11) is 0. The average Bonchev–Trinajstić information content (AvgIpc) is 2.48. The number of unbranched alkanes of at least 4 members (excludes halogenated alkanes) is 5. The number of carboxylic acids is 1. The van der Waals surface area contributed by atoms with Crippen LogP contribution in [0.15, 0.2) is 0 Å². The van der Waals surface area contributed by atoms with Crippen molar-refractivity contribution in [2.45, 2.75) is 70.2 Å². The highest BCUT2D eigenvalue weighted by atomic mass is 16.4. The molecule has 5 N–H and O–H groups in total. The zero-order valence-corrected chi connectivity index (χ0v) is 12.5. The maximum Gasteiger partial charge on any atom is 0.303 e. The Morgan fingerprint density at radius 3 is 2.00 bits per heavy atom. The second kappa shape index (κ2) is 15.4. The lowest BCUT2D eigenvalue weighted by Crippen LogP contribution is -2.40. The third-order valence-corrected chi connectivity index (χ3v) is 2.81. The molecule has 126 valence electrons. The van der Waals surface area contributed by atoms with Crippen LogP contribution in [-0.4, -0.2) is 62.7 Å². The van der Waals surface area contributed by atoms with Crippen molar-refractivity contribution >= 4 is 12.3 Å². The van der Waals surface area contributed by atoms with E-state index in [1.54, 1.807) is 0 Å². The second-order valence-electron chi connectivity index (χ2n) is 4.78. The van der Waals surface area contributed by atoms with Crippen LogP contribution < -0.4 is 0 Å². The Bertz CT molecular complexity index is 258. The molecule has 0 spiro atoms. The van der Waals surface area contributed by atoms with Gasteiger partial charge in [-0.3, -0.25) is 4.79 Å². The summed E-state index contributed by atoms with van der Waals surface area (Å²) in [5.74, 6) is -0.666. The van der Waals surface area contributed by atoms with Crippen molar-refractivity contribution in [2.75, 3.05) is 6.61 Å². The van der Waals surface area contributed by atoms with Crippen LogP contribution in [0, 0.1) is 0 Å². The Morgan fingerprint density at radius 2 is 1.57 bits per heavy atom. The molecule has 0 aliphatic heterocycles. The van der Waals surface area contributed by atoms with Gasteiger partial charge < -0.3 is 30.3 Å². The van der Waals surface area contributed by atoms with Gasteiger partial charge in [0.1, 0.15) is 18.3 Å². The molecular formula is C14H28O7. The molecule has 0 aromatic carbocycles. The van der Waals surface area contributed by atoms with Crippen molar-refractivity contribution in [3.63, 3.8) is 0 Å². The van der Waals surface area contributed by atoms with Gasteiger partial charge in [0.15, 0.2) is 6.29 Å². The van der Waals surface area contributed by atoms with Crippen molar-refractivity contribution in [3.8, 4) is 0 Å². The highest BCUT2D eigenvalue weighted by molar-refractivity contribution is 5.66. The van der Waals surface area contributed by atoms with E-state index in [-0.39, 0.29) is 6.29 Å². The van der Waals surface area contributed by atoms with Crippen LogP contribution in [0.1, 0.15) is 51.9 Å². The van der Waals surface area contributed by atoms with Gasteiger partial charge in [0.25, 0.3) is 0 Å². The van der Waals surface area contributed by atoms with E-state index < -0.39 is 30.9 Å². The van der Waals surface area contributed by atoms with Crippen molar-refractivity contribution < 1.29 is 35.1 Å². The van der Waals surface area contributed by atoms with Crippen LogP contribution >= 0.6 is 0 Å². The molecule has 0 fully saturated rings. The van der Waals surface area contributed by atoms with E-state index >= 15 is 0 Å². The van der Waals surface area contributed by atoms with Gasteiger partial charge in [0.05, 0.1) is 6.61 Å². The van der Waals surface area contributed by atoms with Gasteiger partial charge >= 0.3 is 5.97 Å². The highest BCUT2D eigenvalue weighted by Gasteiger charge is 2.22. The van der Waals surface area contributed by atoms with Gasteiger partial charge in [-0.25, -0.2) is 0 Å². The van der Waals surface area contributed by atoms with E-state index in [9.17, 15) is 9.59 Å². The first-order valence-corrected chi connectivity index (χ1v) is 7.22. The molecule has 0 rings (SSSR count). The van der Waals surface area contributed by atoms with Gasteiger partial charge in [0.2, 0.25) is 0 Å². The molecule has 0 heterocycles. The summed E-state index contributed by atoms with van der Waals surface area (Å²) in [6, 6.07) is 0. The molecule has 0 aliphatic carbocycles. The number of hydrogen-bond acceptors (Lipinski definition) is 6. The maximum absolute atomic E-state index is 10.1. The van der Waals surface area contributed by atoms with Crippen LogP contribution in [0.25, 0.3) is 0 Å². The maximum atomic E-state index is 10.1. The van der Waals surface area contributed by atoms with Crippen LogP contribution in [-0.2, 0) is 9.59 Å². The van der Waals surface area contributed by atoms with E-state index in [4.69, 9.17) is 25.5 Å². The SMILES string of the molecule is CCCCCCCCC(=O)O.O=CC(O)C(O)C(O)CO. The number of carbonyl (C=O) groups excluding carboxylic acids is 1. The second-order valence-corrected chi connectivity index (χ2v) is 4.78. The summed E-state index contributed by atoms with van der Waals surface area (Å²) in [4.78, 5) is 19.9. The fraction of sp³-hybridized carbons (Fsp3) is 0.857. The average molecular weight is 308 g/mol. The third kappa shape index (κ3) is 15.2. The minimum atomic E-state index is -1.64. The Kier molecular flexibility index (Phi) is 16.3. The monoisotopic (exact) mass is 308 g/mol.